The number of hydrogen-bond donors (Lipinski definition) is 2. The summed E-state index contributed by atoms with van der Waals surface area (Å²) >= 11 is 0. The fraction of sp³-hybridized carbons (Fsp3) is 0. The first-order chi connectivity index (χ1) is 13.6. The molecule has 0 bridgehead atoms. The minimum Gasteiger partial charge on any atom is -0.493 e. The van der Waals surface area contributed by atoms with Crippen molar-refractivity contribution in [1.29, 1.82) is 0 Å². The normalized spacial score (nSPS) is 11.1. The largest absolute Gasteiger partial charge is 0.493 e. The predicted molar refractivity (Wildman–Crippen MR) is 101 cm³/mol. The van der Waals surface area contributed by atoms with Crippen LogP contribution in [0, 0.1) is 0 Å². The summed E-state index contributed by atoms with van der Waals surface area (Å²) in [6.45, 7) is 0. The molecule has 0 radical (unpaired) electrons. The predicted octanol–water partition coefficient (Wildman–Crippen LogP) is 2.03. The van der Waals surface area contributed by atoms with Gasteiger partial charge in [0.2, 0.25) is 11.7 Å². The topological polar surface area (TPSA) is 126 Å². The molecule has 0 aliphatic heterocycles. The van der Waals surface area contributed by atoms with E-state index in [1.54, 1.807) is 42.5 Å². The molecule has 0 aliphatic carbocycles. The van der Waals surface area contributed by atoms with Crippen LogP contribution in [0.25, 0.3) is 16.9 Å². The third-order valence-electron chi connectivity index (χ3n) is 3.97. The van der Waals surface area contributed by atoms with Crippen molar-refractivity contribution in [3.8, 4) is 22.8 Å². The van der Waals surface area contributed by atoms with Gasteiger partial charge in [-0.25, -0.2) is 19.0 Å². The van der Waals surface area contributed by atoms with Crippen LogP contribution >= 0.6 is 0 Å². The van der Waals surface area contributed by atoms with Crippen molar-refractivity contribution < 1.29 is 9.74 Å². The van der Waals surface area contributed by atoms with E-state index in [9.17, 15) is 14.7 Å². The highest BCUT2D eigenvalue weighted by Gasteiger charge is 2.15. The zero-order valence-electron chi connectivity index (χ0n) is 14.3. The summed E-state index contributed by atoms with van der Waals surface area (Å²) in [5.41, 5.74) is -0.253. The lowest BCUT2D eigenvalue weighted by Crippen LogP contribution is -2.31. The molecule has 28 heavy (non-hydrogen) atoms. The molecule has 0 amide bonds. The van der Waals surface area contributed by atoms with Gasteiger partial charge in [-0.05, 0) is 22.4 Å². The van der Waals surface area contributed by atoms with E-state index in [2.05, 4.69) is 20.3 Å². The molecule has 0 spiro atoms. The number of aromatic amines is 1. The van der Waals surface area contributed by atoms with E-state index < -0.39 is 17.1 Å². The van der Waals surface area contributed by atoms with Gasteiger partial charge >= 0.3 is 5.69 Å². The number of aromatic nitrogens is 4. The van der Waals surface area contributed by atoms with Crippen LogP contribution in [0.1, 0.15) is 5.56 Å². The Bertz CT molecular complexity index is 1260. The first kappa shape index (κ1) is 17.2. The number of para-hydroxylation sites is 1. The molecular weight excluding hydrogens is 362 g/mol. The third-order valence-corrected chi connectivity index (χ3v) is 3.97. The molecule has 0 saturated carbocycles. The minimum atomic E-state index is -0.781. The van der Waals surface area contributed by atoms with Crippen molar-refractivity contribution in [2.24, 2.45) is 4.99 Å². The molecule has 2 aromatic carbocycles. The summed E-state index contributed by atoms with van der Waals surface area (Å²) in [5, 5.41) is 18.0. The Morgan fingerprint density at radius 3 is 2.39 bits per heavy atom. The molecule has 4 aromatic rings. The standard InChI is InChI=1S/C19H13N5O4/c25-17-14(18(26)24(19(27)21-17)13-9-5-2-6-10-13)11-20-16-15(22-28-23-16)12-7-3-1-4-8-12/h1-11,26H,(H,21,25,27). The second-order valence-corrected chi connectivity index (χ2v) is 5.73. The van der Waals surface area contributed by atoms with E-state index in [0.717, 1.165) is 16.3 Å². The number of aromatic hydroxyl groups is 1. The average Bonchev–Trinajstić information content (AvgIpc) is 3.18. The van der Waals surface area contributed by atoms with Crippen molar-refractivity contribution in [2.75, 3.05) is 0 Å². The summed E-state index contributed by atoms with van der Waals surface area (Å²) in [7, 11) is 0. The quantitative estimate of drug-likeness (QED) is 0.526. The third kappa shape index (κ3) is 3.12. The molecule has 4 rings (SSSR count). The van der Waals surface area contributed by atoms with Crippen LogP contribution in [0.3, 0.4) is 0 Å². The first-order valence-electron chi connectivity index (χ1n) is 8.21. The van der Waals surface area contributed by atoms with Crippen molar-refractivity contribution in [1.82, 2.24) is 19.9 Å². The van der Waals surface area contributed by atoms with Crippen LogP contribution in [-0.4, -0.2) is 31.2 Å². The molecule has 2 N–H and O–H groups in total. The highest BCUT2D eigenvalue weighted by molar-refractivity contribution is 5.85. The molecule has 0 saturated heterocycles. The van der Waals surface area contributed by atoms with Gasteiger partial charge < -0.3 is 5.11 Å². The maximum absolute atomic E-state index is 12.2. The lowest BCUT2D eigenvalue weighted by atomic mass is 10.1. The van der Waals surface area contributed by atoms with E-state index in [-0.39, 0.29) is 11.4 Å². The van der Waals surface area contributed by atoms with Gasteiger partial charge in [0, 0.05) is 11.8 Å². The molecule has 0 fully saturated rings. The monoisotopic (exact) mass is 375 g/mol. The Labute approximate surface area is 157 Å². The Morgan fingerprint density at radius 1 is 1.00 bits per heavy atom. The van der Waals surface area contributed by atoms with Gasteiger partial charge in [-0.1, -0.05) is 48.5 Å². The number of H-pyrrole nitrogens is 1. The number of rotatable bonds is 4. The van der Waals surface area contributed by atoms with Crippen LogP contribution in [0.5, 0.6) is 5.88 Å². The van der Waals surface area contributed by atoms with Gasteiger partial charge in [0.1, 0.15) is 5.56 Å². The second-order valence-electron chi connectivity index (χ2n) is 5.73. The fourth-order valence-corrected chi connectivity index (χ4v) is 2.64. The van der Waals surface area contributed by atoms with E-state index in [1.807, 2.05) is 18.2 Å². The Balaban J connectivity index is 1.79. The number of nitrogens with one attached hydrogen (secondary N) is 1. The maximum Gasteiger partial charge on any atom is 0.335 e. The Morgan fingerprint density at radius 2 is 1.68 bits per heavy atom. The van der Waals surface area contributed by atoms with Crippen LogP contribution < -0.4 is 11.2 Å². The highest BCUT2D eigenvalue weighted by atomic mass is 16.6. The van der Waals surface area contributed by atoms with Crippen molar-refractivity contribution >= 4 is 12.0 Å². The second kappa shape index (κ2) is 7.16. The summed E-state index contributed by atoms with van der Waals surface area (Å²) < 4.78 is 5.72. The molecule has 0 aliphatic rings. The van der Waals surface area contributed by atoms with Gasteiger partial charge in [0.25, 0.3) is 5.56 Å². The molecular formula is C19H13N5O4. The SMILES string of the molecule is O=c1[nH]c(=O)n(-c2ccccc2)c(O)c1C=Nc1nonc1-c1ccccc1. The molecule has 0 unspecified atom stereocenters. The summed E-state index contributed by atoms with van der Waals surface area (Å²) in [4.78, 5) is 30.6. The maximum atomic E-state index is 12.2. The van der Waals surface area contributed by atoms with E-state index in [1.165, 1.54) is 0 Å². The van der Waals surface area contributed by atoms with Crippen molar-refractivity contribution in [2.45, 2.75) is 0 Å². The molecule has 0 atom stereocenters. The number of hydrogen-bond acceptors (Lipinski definition) is 7. The lowest BCUT2D eigenvalue weighted by molar-refractivity contribution is 0.310. The summed E-state index contributed by atoms with van der Waals surface area (Å²) in [6, 6.07) is 17.5. The van der Waals surface area contributed by atoms with Gasteiger partial charge in [-0.3, -0.25) is 9.78 Å². The fourth-order valence-electron chi connectivity index (χ4n) is 2.64. The molecule has 2 aromatic heterocycles. The Hall–Kier alpha value is -4.27. The van der Waals surface area contributed by atoms with Crippen LogP contribution in [0.4, 0.5) is 5.82 Å². The number of benzene rings is 2. The minimum absolute atomic E-state index is 0.127. The van der Waals surface area contributed by atoms with Gasteiger partial charge in [0.05, 0.1) is 5.69 Å². The van der Waals surface area contributed by atoms with Crippen molar-refractivity contribution in [3.05, 3.63) is 87.1 Å². The number of aliphatic imine (C=N–C) groups is 1. The van der Waals surface area contributed by atoms with E-state index >= 15 is 0 Å². The van der Waals surface area contributed by atoms with Gasteiger partial charge in [0.15, 0.2) is 5.69 Å². The molecule has 2 heterocycles. The zero-order valence-corrected chi connectivity index (χ0v) is 14.3. The van der Waals surface area contributed by atoms with E-state index in [0.29, 0.717) is 11.4 Å². The molecule has 138 valence electrons. The summed E-state index contributed by atoms with van der Waals surface area (Å²) in [5.74, 6) is -0.413. The smallest absolute Gasteiger partial charge is 0.335 e. The van der Waals surface area contributed by atoms with E-state index in [4.69, 9.17) is 4.63 Å². The summed E-state index contributed by atoms with van der Waals surface area (Å²) in [6.07, 6.45) is 1.11. The first-order valence-corrected chi connectivity index (χ1v) is 8.21. The van der Waals surface area contributed by atoms with Crippen LogP contribution in [0.2, 0.25) is 0 Å². The molecule has 9 nitrogen and oxygen atoms in total. The van der Waals surface area contributed by atoms with Crippen LogP contribution in [-0.2, 0) is 0 Å². The molecule has 9 heteroatoms. The lowest BCUT2D eigenvalue weighted by Gasteiger charge is -2.09. The highest BCUT2D eigenvalue weighted by Crippen LogP contribution is 2.26. The average molecular weight is 375 g/mol. The zero-order chi connectivity index (χ0) is 19.5. The Kier molecular flexibility index (Phi) is 4.38. The van der Waals surface area contributed by atoms with Gasteiger partial charge in [-0.2, -0.15) is 0 Å². The van der Waals surface area contributed by atoms with Crippen LogP contribution in [0.15, 0.2) is 79.9 Å². The number of nitrogens with zero attached hydrogens (tertiary/aromatic N) is 4. The van der Waals surface area contributed by atoms with Gasteiger partial charge in [-0.15, -0.1) is 0 Å². The van der Waals surface area contributed by atoms with Crippen molar-refractivity contribution in [3.63, 3.8) is 0 Å².